The van der Waals surface area contributed by atoms with Gasteiger partial charge in [0.05, 0.1) is 21.3 Å². The standard InChI is InChI=1S/C31H37NO10/c1-18(10-14-26(34)35)9-12-21-29(40-5)19(2)22-17-41-31(37)28(22)30(21)42-27(36)8-6-7-25(33)32-16-20-11-13-23(38-3)24(15-20)39-4/h9,11,13,15H,6-8,10,12,14,16-17H2,1-5H3,(H,32,33)(H,34,35)/b18-9+. The van der Waals surface area contributed by atoms with Crippen molar-refractivity contribution in [2.75, 3.05) is 21.3 Å². The van der Waals surface area contributed by atoms with E-state index in [-0.39, 0.29) is 62.5 Å². The molecule has 0 unspecified atom stereocenters. The molecule has 2 aromatic rings. The molecular formula is C31H37NO10. The summed E-state index contributed by atoms with van der Waals surface area (Å²) in [6, 6.07) is 5.35. The number of hydrogen-bond acceptors (Lipinski definition) is 9. The first kappa shape index (κ1) is 32.0. The highest BCUT2D eigenvalue weighted by molar-refractivity contribution is 5.99. The predicted octanol–water partition coefficient (Wildman–Crippen LogP) is 4.44. The zero-order valence-corrected chi connectivity index (χ0v) is 24.6. The van der Waals surface area contributed by atoms with Crippen molar-refractivity contribution >= 4 is 23.8 Å². The molecule has 3 rings (SSSR count). The number of aliphatic carboxylic acids is 1. The van der Waals surface area contributed by atoms with Gasteiger partial charge in [0.15, 0.2) is 17.2 Å². The molecule has 1 amide bonds. The minimum atomic E-state index is -0.902. The summed E-state index contributed by atoms with van der Waals surface area (Å²) >= 11 is 0. The average Bonchev–Trinajstić information content (AvgIpc) is 3.36. The van der Waals surface area contributed by atoms with Crippen molar-refractivity contribution < 1.29 is 48.0 Å². The number of ether oxygens (including phenoxy) is 5. The number of esters is 2. The van der Waals surface area contributed by atoms with Gasteiger partial charge in [0.2, 0.25) is 5.91 Å². The maximum Gasteiger partial charge on any atom is 0.342 e. The highest BCUT2D eigenvalue weighted by Crippen LogP contribution is 2.43. The number of allylic oxidation sites excluding steroid dienone is 2. The van der Waals surface area contributed by atoms with Crippen LogP contribution in [0.3, 0.4) is 0 Å². The third-order valence-electron chi connectivity index (χ3n) is 6.95. The van der Waals surface area contributed by atoms with Crippen molar-refractivity contribution in [3.05, 3.63) is 57.7 Å². The topological polar surface area (TPSA) is 147 Å². The van der Waals surface area contributed by atoms with Crippen molar-refractivity contribution in [2.24, 2.45) is 0 Å². The number of carboxylic acid groups (broad SMARTS) is 1. The number of rotatable bonds is 15. The minimum Gasteiger partial charge on any atom is -0.496 e. The van der Waals surface area contributed by atoms with E-state index < -0.39 is 17.9 Å². The van der Waals surface area contributed by atoms with Crippen LogP contribution in [0.2, 0.25) is 0 Å². The molecule has 42 heavy (non-hydrogen) atoms. The Bertz CT molecular complexity index is 1380. The summed E-state index contributed by atoms with van der Waals surface area (Å²) in [5.74, 6) is -0.664. The smallest absolute Gasteiger partial charge is 0.342 e. The van der Waals surface area contributed by atoms with Gasteiger partial charge in [-0.05, 0) is 56.4 Å². The Kier molecular flexibility index (Phi) is 11.3. The zero-order valence-electron chi connectivity index (χ0n) is 24.6. The average molecular weight is 584 g/mol. The fraction of sp³-hybridized carbons (Fsp3) is 0.419. The number of benzene rings is 2. The van der Waals surface area contributed by atoms with Crippen LogP contribution in [0.5, 0.6) is 23.0 Å². The van der Waals surface area contributed by atoms with Gasteiger partial charge in [0.25, 0.3) is 0 Å². The molecular weight excluding hydrogens is 546 g/mol. The Hall–Kier alpha value is -4.54. The predicted molar refractivity (Wildman–Crippen MR) is 152 cm³/mol. The lowest BCUT2D eigenvalue weighted by Crippen LogP contribution is -2.23. The Labute approximate surface area is 244 Å². The molecule has 2 N–H and O–H groups in total. The maximum absolute atomic E-state index is 12.9. The number of carboxylic acids is 1. The molecule has 0 radical (unpaired) electrons. The highest BCUT2D eigenvalue weighted by atomic mass is 16.6. The van der Waals surface area contributed by atoms with Crippen molar-refractivity contribution in [3.8, 4) is 23.0 Å². The number of nitrogens with one attached hydrogen (secondary N) is 1. The van der Waals surface area contributed by atoms with Crippen LogP contribution in [0.25, 0.3) is 0 Å². The van der Waals surface area contributed by atoms with Gasteiger partial charge in [-0.1, -0.05) is 17.7 Å². The van der Waals surface area contributed by atoms with Crippen LogP contribution in [0.15, 0.2) is 29.8 Å². The molecule has 1 aliphatic heterocycles. The largest absolute Gasteiger partial charge is 0.496 e. The normalized spacial score (nSPS) is 12.3. The number of cyclic esters (lactones) is 1. The lowest BCUT2D eigenvalue weighted by molar-refractivity contribution is -0.137. The number of carbonyl (C=O) groups excluding carboxylic acids is 3. The summed E-state index contributed by atoms with van der Waals surface area (Å²) in [5, 5.41) is 11.8. The molecule has 0 spiro atoms. The molecule has 0 aromatic heterocycles. The quantitative estimate of drug-likeness (QED) is 0.175. The SMILES string of the molecule is COc1ccc(CNC(=O)CCCC(=O)Oc2c(C/C=C(\C)CCC(=O)O)c(OC)c(C)c3c2C(=O)OC3)cc1OC. The summed E-state index contributed by atoms with van der Waals surface area (Å²) < 4.78 is 27.1. The van der Waals surface area contributed by atoms with E-state index in [9.17, 15) is 19.2 Å². The van der Waals surface area contributed by atoms with Gasteiger partial charge in [-0.3, -0.25) is 14.4 Å². The van der Waals surface area contributed by atoms with E-state index in [2.05, 4.69) is 5.32 Å². The van der Waals surface area contributed by atoms with E-state index in [1.165, 1.54) is 14.2 Å². The van der Waals surface area contributed by atoms with Crippen LogP contribution >= 0.6 is 0 Å². The van der Waals surface area contributed by atoms with Gasteiger partial charge in [-0.15, -0.1) is 0 Å². The first-order chi connectivity index (χ1) is 20.1. The van der Waals surface area contributed by atoms with Gasteiger partial charge in [0.1, 0.15) is 17.9 Å². The number of methoxy groups -OCH3 is 3. The molecule has 0 bridgehead atoms. The van der Waals surface area contributed by atoms with E-state index in [0.717, 1.165) is 11.1 Å². The number of amides is 1. The number of carbonyl (C=O) groups is 4. The fourth-order valence-corrected chi connectivity index (χ4v) is 4.64. The Morgan fingerprint density at radius 3 is 2.40 bits per heavy atom. The first-order valence-corrected chi connectivity index (χ1v) is 13.5. The summed E-state index contributed by atoms with van der Waals surface area (Å²) in [6.07, 6.45) is 2.68. The van der Waals surface area contributed by atoms with Crippen molar-refractivity contribution in [3.63, 3.8) is 0 Å². The summed E-state index contributed by atoms with van der Waals surface area (Å²) in [5.41, 5.74) is 3.62. The molecule has 0 aliphatic carbocycles. The molecule has 0 saturated carbocycles. The monoisotopic (exact) mass is 583 g/mol. The van der Waals surface area contributed by atoms with Crippen LogP contribution < -0.4 is 24.3 Å². The van der Waals surface area contributed by atoms with Crippen molar-refractivity contribution in [1.82, 2.24) is 5.32 Å². The second-order valence-corrected chi connectivity index (χ2v) is 9.84. The molecule has 226 valence electrons. The molecule has 11 heteroatoms. The molecule has 0 fully saturated rings. The Morgan fingerprint density at radius 2 is 1.74 bits per heavy atom. The molecule has 1 aliphatic rings. The molecule has 0 atom stereocenters. The maximum atomic E-state index is 12.9. The molecule has 11 nitrogen and oxygen atoms in total. The zero-order chi connectivity index (χ0) is 30.8. The molecule has 2 aromatic carbocycles. The second kappa shape index (κ2) is 14.9. The van der Waals surface area contributed by atoms with E-state index in [4.69, 9.17) is 28.8 Å². The first-order valence-electron chi connectivity index (χ1n) is 13.5. The third-order valence-corrected chi connectivity index (χ3v) is 6.95. The summed E-state index contributed by atoms with van der Waals surface area (Å²) in [4.78, 5) is 48.9. The van der Waals surface area contributed by atoms with E-state index >= 15 is 0 Å². The Morgan fingerprint density at radius 1 is 1.00 bits per heavy atom. The van der Waals surface area contributed by atoms with Crippen molar-refractivity contribution in [2.45, 2.75) is 65.5 Å². The lowest BCUT2D eigenvalue weighted by Gasteiger charge is -2.19. The highest BCUT2D eigenvalue weighted by Gasteiger charge is 2.34. The van der Waals surface area contributed by atoms with E-state index in [1.54, 1.807) is 26.2 Å². The van der Waals surface area contributed by atoms with Gasteiger partial charge < -0.3 is 34.1 Å². The van der Waals surface area contributed by atoms with E-state index in [1.807, 2.05) is 19.1 Å². The van der Waals surface area contributed by atoms with Crippen LogP contribution in [0, 0.1) is 6.92 Å². The third kappa shape index (κ3) is 8.02. The fourth-order valence-electron chi connectivity index (χ4n) is 4.64. The number of fused-ring (bicyclic) bond motifs is 1. The van der Waals surface area contributed by atoms with E-state index in [0.29, 0.717) is 40.4 Å². The Balaban J connectivity index is 1.68. The molecule has 1 heterocycles. The minimum absolute atomic E-state index is 0.0152. The summed E-state index contributed by atoms with van der Waals surface area (Å²) in [7, 11) is 4.57. The summed E-state index contributed by atoms with van der Waals surface area (Å²) in [6.45, 7) is 3.93. The van der Waals surface area contributed by atoms with Gasteiger partial charge in [-0.25, -0.2) is 4.79 Å². The van der Waals surface area contributed by atoms with Crippen LogP contribution in [-0.2, 0) is 38.7 Å². The van der Waals surface area contributed by atoms with Crippen LogP contribution in [-0.4, -0.2) is 50.3 Å². The van der Waals surface area contributed by atoms with Gasteiger partial charge in [-0.2, -0.15) is 0 Å². The lowest BCUT2D eigenvalue weighted by atomic mass is 9.94. The van der Waals surface area contributed by atoms with Crippen molar-refractivity contribution in [1.29, 1.82) is 0 Å². The van der Waals surface area contributed by atoms with Gasteiger partial charge in [0, 0.05) is 36.9 Å². The van der Waals surface area contributed by atoms with Crippen LogP contribution in [0.1, 0.15) is 71.6 Å². The van der Waals surface area contributed by atoms with Crippen LogP contribution in [0.4, 0.5) is 0 Å². The number of hydrogen-bond donors (Lipinski definition) is 2. The molecule has 0 saturated heterocycles. The second-order valence-electron chi connectivity index (χ2n) is 9.84. The van der Waals surface area contributed by atoms with Gasteiger partial charge >= 0.3 is 17.9 Å².